The monoisotopic (exact) mass is 276 g/mol. The minimum Gasteiger partial charge on any atom is -0.481 e. The molecule has 1 heterocycles. The summed E-state index contributed by atoms with van der Waals surface area (Å²) in [6, 6.07) is 7.46. The van der Waals surface area contributed by atoms with E-state index >= 15 is 0 Å². The number of aromatic carboxylic acids is 1. The molecule has 0 unspecified atom stereocenters. The molecule has 20 heavy (non-hydrogen) atoms. The van der Waals surface area contributed by atoms with Crippen molar-refractivity contribution in [3.05, 3.63) is 53.5 Å². The van der Waals surface area contributed by atoms with Crippen molar-refractivity contribution in [3.8, 4) is 5.88 Å². The van der Waals surface area contributed by atoms with Crippen molar-refractivity contribution in [2.45, 2.75) is 6.54 Å². The predicted molar refractivity (Wildman–Crippen MR) is 71.5 cm³/mol. The first-order valence-corrected chi connectivity index (χ1v) is 5.86. The lowest BCUT2D eigenvalue weighted by atomic mass is 10.2. The summed E-state index contributed by atoms with van der Waals surface area (Å²) in [5, 5.41) is 11.7. The van der Waals surface area contributed by atoms with Crippen molar-refractivity contribution in [1.29, 1.82) is 0 Å². The van der Waals surface area contributed by atoms with Crippen LogP contribution in [0.2, 0.25) is 0 Å². The Morgan fingerprint density at radius 2 is 2.20 bits per heavy atom. The molecule has 0 atom stereocenters. The molecule has 2 N–H and O–H groups in total. The Labute approximate surface area is 115 Å². The highest BCUT2D eigenvalue weighted by molar-refractivity contribution is 5.88. The number of nitrogens with one attached hydrogen (secondary N) is 1. The Hall–Kier alpha value is -2.63. The van der Waals surface area contributed by atoms with Gasteiger partial charge in [-0.15, -0.1) is 0 Å². The molecular weight excluding hydrogens is 263 g/mol. The van der Waals surface area contributed by atoms with Crippen LogP contribution in [0, 0.1) is 5.82 Å². The highest BCUT2D eigenvalue weighted by Crippen LogP contribution is 2.16. The second kappa shape index (κ2) is 6.01. The quantitative estimate of drug-likeness (QED) is 0.878. The molecule has 0 bridgehead atoms. The number of pyridine rings is 1. The molecular formula is C14H13FN2O3. The number of halogens is 1. The summed E-state index contributed by atoms with van der Waals surface area (Å²) in [5.74, 6) is -1.56. The maximum Gasteiger partial charge on any atom is 0.338 e. The normalized spacial score (nSPS) is 10.1. The first-order chi connectivity index (χ1) is 9.60. The maximum absolute atomic E-state index is 13.5. The second-order valence-corrected chi connectivity index (χ2v) is 4.06. The van der Waals surface area contributed by atoms with Crippen LogP contribution in [-0.2, 0) is 6.54 Å². The second-order valence-electron chi connectivity index (χ2n) is 4.06. The average molecular weight is 276 g/mol. The summed E-state index contributed by atoms with van der Waals surface area (Å²) < 4.78 is 18.5. The molecule has 0 spiro atoms. The minimum absolute atomic E-state index is 0.346. The lowest BCUT2D eigenvalue weighted by Crippen LogP contribution is -2.04. The summed E-state index contributed by atoms with van der Waals surface area (Å²) >= 11 is 0. The predicted octanol–water partition coefficient (Wildman–Crippen LogP) is 2.54. The van der Waals surface area contributed by atoms with Crippen molar-refractivity contribution >= 4 is 11.7 Å². The number of benzene rings is 1. The minimum atomic E-state index is -1.28. The van der Waals surface area contributed by atoms with Gasteiger partial charge in [0.05, 0.1) is 12.7 Å². The van der Waals surface area contributed by atoms with Gasteiger partial charge in [-0.3, -0.25) is 0 Å². The Kier molecular flexibility index (Phi) is 4.14. The maximum atomic E-state index is 13.5. The van der Waals surface area contributed by atoms with Gasteiger partial charge in [0.15, 0.2) is 0 Å². The van der Waals surface area contributed by atoms with Crippen LogP contribution in [0.15, 0.2) is 36.5 Å². The number of hydrogen-bond acceptors (Lipinski definition) is 4. The third-order valence-corrected chi connectivity index (χ3v) is 2.70. The molecule has 0 radical (unpaired) electrons. The molecule has 0 fully saturated rings. The van der Waals surface area contributed by atoms with Crippen molar-refractivity contribution in [1.82, 2.24) is 4.98 Å². The number of carboxylic acids is 1. The van der Waals surface area contributed by atoms with Gasteiger partial charge in [-0.1, -0.05) is 0 Å². The molecule has 2 rings (SSSR count). The standard InChI is InChI=1S/C14H13FN2O3/c1-20-13-6-9(4-5-16-13)8-17-10-2-3-11(14(18)19)12(15)7-10/h2-7,17H,8H2,1H3,(H,18,19). The molecule has 2 aromatic rings. The fourth-order valence-electron chi connectivity index (χ4n) is 1.67. The number of carbonyl (C=O) groups is 1. The number of rotatable bonds is 5. The largest absolute Gasteiger partial charge is 0.481 e. The zero-order valence-corrected chi connectivity index (χ0v) is 10.8. The Bertz CT molecular complexity index is 632. The van der Waals surface area contributed by atoms with Crippen LogP contribution >= 0.6 is 0 Å². The molecule has 0 saturated carbocycles. The number of hydrogen-bond donors (Lipinski definition) is 2. The highest BCUT2D eigenvalue weighted by Gasteiger charge is 2.10. The van der Waals surface area contributed by atoms with Gasteiger partial charge in [0.1, 0.15) is 5.82 Å². The zero-order chi connectivity index (χ0) is 14.5. The van der Waals surface area contributed by atoms with Gasteiger partial charge in [0.2, 0.25) is 5.88 Å². The van der Waals surface area contributed by atoms with Gasteiger partial charge >= 0.3 is 5.97 Å². The molecule has 0 aliphatic heterocycles. The van der Waals surface area contributed by atoms with Crippen molar-refractivity contribution in [2.75, 3.05) is 12.4 Å². The molecule has 0 saturated heterocycles. The third kappa shape index (κ3) is 3.23. The average Bonchev–Trinajstić information content (AvgIpc) is 2.45. The Morgan fingerprint density at radius 1 is 1.40 bits per heavy atom. The number of aromatic nitrogens is 1. The fraction of sp³-hybridized carbons (Fsp3) is 0.143. The molecule has 1 aromatic carbocycles. The van der Waals surface area contributed by atoms with Crippen LogP contribution in [0.25, 0.3) is 0 Å². The highest BCUT2D eigenvalue weighted by atomic mass is 19.1. The van der Waals surface area contributed by atoms with Gasteiger partial charge in [-0.2, -0.15) is 0 Å². The first-order valence-electron chi connectivity index (χ1n) is 5.86. The van der Waals surface area contributed by atoms with E-state index in [2.05, 4.69) is 10.3 Å². The van der Waals surface area contributed by atoms with E-state index in [9.17, 15) is 9.18 Å². The van der Waals surface area contributed by atoms with E-state index in [1.54, 1.807) is 18.3 Å². The van der Waals surface area contributed by atoms with E-state index in [4.69, 9.17) is 9.84 Å². The zero-order valence-electron chi connectivity index (χ0n) is 10.8. The van der Waals surface area contributed by atoms with Crippen molar-refractivity contribution in [3.63, 3.8) is 0 Å². The van der Waals surface area contributed by atoms with E-state index in [-0.39, 0.29) is 5.56 Å². The van der Waals surface area contributed by atoms with Crippen LogP contribution in [-0.4, -0.2) is 23.2 Å². The number of anilines is 1. The SMILES string of the molecule is COc1cc(CNc2ccc(C(=O)O)c(F)c2)ccn1. The third-order valence-electron chi connectivity index (χ3n) is 2.70. The fourth-order valence-corrected chi connectivity index (χ4v) is 1.67. The van der Waals surface area contributed by atoms with Gasteiger partial charge in [0.25, 0.3) is 0 Å². The van der Waals surface area contributed by atoms with Crippen LogP contribution in [0.3, 0.4) is 0 Å². The van der Waals surface area contributed by atoms with E-state index < -0.39 is 11.8 Å². The topological polar surface area (TPSA) is 71.5 Å². The van der Waals surface area contributed by atoms with Crippen LogP contribution in [0.4, 0.5) is 10.1 Å². The number of ether oxygens (including phenoxy) is 1. The lowest BCUT2D eigenvalue weighted by molar-refractivity contribution is 0.0692. The molecule has 5 nitrogen and oxygen atoms in total. The lowest BCUT2D eigenvalue weighted by Gasteiger charge is -2.08. The first kappa shape index (κ1) is 13.8. The summed E-state index contributed by atoms with van der Waals surface area (Å²) in [6.45, 7) is 0.449. The van der Waals surface area contributed by atoms with Gasteiger partial charge in [-0.25, -0.2) is 14.2 Å². The van der Waals surface area contributed by atoms with E-state index in [0.717, 1.165) is 11.6 Å². The summed E-state index contributed by atoms with van der Waals surface area (Å²) in [6.07, 6.45) is 1.62. The van der Waals surface area contributed by atoms with Crippen LogP contribution in [0.5, 0.6) is 5.88 Å². The number of methoxy groups -OCH3 is 1. The molecule has 1 aromatic heterocycles. The van der Waals surface area contributed by atoms with E-state index in [1.165, 1.54) is 19.2 Å². The molecule has 104 valence electrons. The van der Waals surface area contributed by atoms with Crippen LogP contribution in [0.1, 0.15) is 15.9 Å². The van der Waals surface area contributed by atoms with Gasteiger partial charge < -0.3 is 15.2 Å². The summed E-state index contributed by atoms with van der Waals surface area (Å²) in [4.78, 5) is 14.7. The smallest absolute Gasteiger partial charge is 0.338 e. The molecule has 0 amide bonds. The van der Waals surface area contributed by atoms with Gasteiger partial charge in [-0.05, 0) is 29.8 Å². The molecule has 6 heteroatoms. The molecule has 0 aliphatic carbocycles. The Morgan fingerprint density at radius 3 is 2.85 bits per heavy atom. The Balaban J connectivity index is 2.07. The van der Waals surface area contributed by atoms with Crippen LogP contribution < -0.4 is 10.1 Å². The molecule has 0 aliphatic rings. The van der Waals surface area contributed by atoms with Gasteiger partial charge in [0, 0.05) is 24.5 Å². The summed E-state index contributed by atoms with van der Waals surface area (Å²) in [7, 11) is 1.53. The summed E-state index contributed by atoms with van der Waals surface area (Å²) in [5.41, 5.74) is 1.07. The number of carboxylic acid groups (broad SMARTS) is 1. The van der Waals surface area contributed by atoms with Crippen molar-refractivity contribution < 1.29 is 19.0 Å². The van der Waals surface area contributed by atoms with Crippen molar-refractivity contribution in [2.24, 2.45) is 0 Å². The number of nitrogens with zero attached hydrogens (tertiary/aromatic N) is 1. The van der Waals surface area contributed by atoms with E-state index in [1.807, 2.05) is 0 Å². The van der Waals surface area contributed by atoms with E-state index in [0.29, 0.717) is 18.1 Å².